The Bertz CT molecular complexity index is 709. The number of hydrogen-bond donors (Lipinski definition) is 2. The van der Waals surface area contributed by atoms with Crippen molar-refractivity contribution in [2.24, 2.45) is 0 Å². The van der Waals surface area contributed by atoms with Crippen LogP contribution in [0.3, 0.4) is 0 Å². The Balaban J connectivity index is 1.61. The van der Waals surface area contributed by atoms with E-state index in [1.807, 2.05) is 60.7 Å². The highest BCUT2D eigenvalue weighted by Crippen LogP contribution is 2.24. The predicted octanol–water partition coefficient (Wildman–Crippen LogP) is 2.01. The van der Waals surface area contributed by atoms with Crippen LogP contribution in [0.5, 0.6) is 0 Å². The lowest BCUT2D eigenvalue weighted by atomic mass is 10.1. The summed E-state index contributed by atoms with van der Waals surface area (Å²) in [7, 11) is 0. The minimum atomic E-state index is -1.14. The average molecular weight is 371 g/mol. The zero-order valence-corrected chi connectivity index (χ0v) is 15.3. The van der Waals surface area contributed by atoms with Gasteiger partial charge in [-0.3, -0.25) is 4.79 Å². The number of aliphatic hydroxyl groups is 1. The molecule has 1 saturated heterocycles. The van der Waals surface area contributed by atoms with Gasteiger partial charge in [-0.25, -0.2) is 0 Å². The molecule has 0 saturated carbocycles. The Morgan fingerprint density at radius 3 is 2.22 bits per heavy atom. The lowest BCUT2D eigenvalue weighted by Gasteiger charge is -2.24. The Hall–Kier alpha value is -2.25. The summed E-state index contributed by atoms with van der Waals surface area (Å²) in [5, 5.41) is 12.9. The van der Waals surface area contributed by atoms with Crippen molar-refractivity contribution >= 4 is 5.91 Å². The maximum atomic E-state index is 11.5. The van der Waals surface area contributed by atoms with Crippen LogP contribution in [-0.4, -0.2) is 42.2 Å². The highest BCUT2D eigenvalue weighted by atomic mass is 16.7. The predicted molar refractivity (Wildman–Crippen MR) is 99.6 cm³/mol. The van der Waals surface area contributed by atoms with Gasteiger partial charge in [0.2, 0.25) is 5.91 Å². The van der Waals surface area contributed by atoms with Gasteiger partial charge < -0.3 is 24.6 Å². The number of nitrogens with one attached hydrogen (secondary N) is 1. The maximum Gasteiger partial charge on any atom is 0.217 e. The summed E-state index contributed by atoms with van der Waals surface area (Å²) in [6.45, 7) is 2.45. The molecule has 0 bridgehead atoms. The van der Waals surface area contributed by atoms with Crippen molar-refractivity contribution in [3.8, 4) is 0 Å². The summed E-state index contributed by atoms with van der Waals surface area (Å²) in [6.07, 6.45) is -2.14. The second kappa shape index (κ2) is 9.62. The Morgan fingerprint density at radius 1 is 1.04 bits per heavy atom. The first-order chi connectivity index (χ1) is 13.1. The van der Waals surface area contributed by atoms with Crippen LogP contribution in [0.1, 0.15) is 18.1 Å². The third-order valence-electron chi connectivity index (χ3n) is 4.39. The molecule has 1 fully saturated rings. The van der Waals surface area contributed by atoms with E-state index >= 15 is 0 Å². The Morgan fingerprint density at radius 2 is 1.63 bits per heavy atom. The summed E-state index contributed by atoms with van der Waals surface area (Å²) >= 11 is 0. The fraction of sp³-hybridized carbons (Fsp3) is 0.381. The molecule has 1 aliphatic heterocycles. The molecular formula is C21H25NO5. The summed E-state index contributed by atoms with van der Waals surface area (Å²) in [5.74, 6) is -0.248. The largest absolute Gasteiger partial charge is 0.374 e. The molecular weight excluding hydrogens is 346 g/mol. The lowest BCUT2D eigenvalue weighted by molar-refractivity contribution is -0.130. The second-order valence-electron chi connectivity index (χ2n) is 6.55. The average Bonchev–Trinajstić information content (AvgIpc) is 2.96. The highest BCUT2D eigenvalue weighted by molar-refractivity contribution is 5.73. The van der Waals surface area contributed by atoms with Gasteiger partial charge in [0, 0.05) is 6.92 Å². The van der Waals surface area contributed by atoms with E-state index in [0.717, 1.165) is 11.1 Å². The molecule has 0 unspecified atom stereocenters. The SMILES string of the molecule is CC(=O)N[C@H]1[C@@H](OCc2ccccc2)[C@@H](COCc2ccccc2)O[C@H]1O. The lowest BCUT2D eigenvalue weighted by Crippen LogP contribution is -2.48. The number of carbonyl (C=O) groups excluding carboxylic acids is 1. The van der Waals surface area contributed by atoms with Gasteiger partial charge in [0.1, 0.15) is 18.2 Å². The smallest absolute Gasteiger partial charge is 0.217 e. The van der Waals surface area contributed by atoms with Crippen LogP contribution < -0.4 is 5.32 Å². The minimum absolute atomic E-state index is 0.248. The molecule has 1 aliphatic rings. The first kappa shape index (κ1) is 19.5. The Labute approximate surface area is 159 Å². The highest BCUT2D eigenvalue weighted by Gasteiger charge is 2.45. The van der Waals surface area contributed by atoms with Crippen LogP contribution in [0.2, 0.25) is 0 Å². The number of aliphatic hydroxyl groups excluding tert-OH is 1. The van der Waals surface area contributed by atoms with E-state index < -0.39 is 24.5 Å². The van der Waals surface area contributed by atoms with Gasteiger partial charge in [-0.2, -0.15) is 0 Å². The Kier molecular flexibility index (Phi) is 6.95. The molecule has 6 nitrogen and oxygen atoms in total. The summed E-state index contributed by atoms with van der Waals surface area (Å²) in [4.78, 5) is 11.5. The van der Waals surface area contributed by atoms with Crippen LogP contribution in [0.25, 0.3) is 0 Å². The third-order valence-corrected chi connectivity index (χ3v) is 4.39. The number of benzene rings is 2. The normalized spacial score (nSPS) is 24.7. The molecule has 2 aromatic rings. The van der Waals surface area contributed by atoms with E-state index in [9.17, 15) is 9.90 Å². The standard InChI is InChI=1S/C21H25NO5/c1-15(23)22-19-20(26-13-17-10-6-3-7-11-17)18(27-21(19)24)14-25-12-16-8-4-2-5-9-16/h2-11,18-21,24H,12-14H2,1H3,(H,22,23)/t18-,19+,20+,21-/m1/s1. The molecule has 1 heterocycles. The van der Waals surface area contributed by atoms with Crippen LogP contribution in [0, 0.1) is 0 Å². The van der Waals surface area contributed by atoms with Crippen molar-refractivity contribution < 1.29 is 24.1 Å². The van der Waals surface area contributed by atoms with Crippen molar-refractivity contribution in [3.05, 3.63) is 71.8 Å². The van der Waals surface area contributed by atoms with E-state index in [-0.39, 0.29) is 12.5 Å². The van der Waals surface area contributed by atoms with Crippen molar-refractivity contribution in [1.29, 1.82) is 0 Å². The van der Waals surface area contributed by atoms with Crippen LogP contribution in [-0.2, 0) is 32.2 Å². The van der Waals surface area contributed by atoms with E-state index in [2.05, 4.69) is 5.32 Å². The van der Waals surface area contributed by atoms with Gasteiger partial charge in [-0.05, 0) is 11.1 Å². The van der Waals surface area contributed by atoms with Gasteiger partial charge in [-0.1, -0.05) is 60.7 Å². The first-order valence-electron chi connectivity index (χ1n) is 9.01. The van der Waals surface area contributed by atoms with Gasteiger partial charge in [0.05, 0.1) is 19.8 Å². The number of amides is 1. The van der Waals surface area contributed by atoms with Crippen LogP contribution in [0.15, 0.2) is 60.7 Å². The number of ether oxygens (including phenoxy) is 3. The fourth-order valence-corrected chi connectivity index (χ4v) is 3.10. The molecule has 2 aromatic carbocycles. The topological polar surface area (TPSA) is 77.0 Å². The molecule has 27 heavy (non-hydrogen) atoms. The summed E-state index contributed by atoms with van der Waals surface area (Å²) in [5.41, 5.74) is 2.06. The quantitative estimate of drug-likeness (QED) is 0.742. The van der Waals surface area contributed by atoms with Crippen molar-refractivity contribution in [2.45, 2.75) is 44.7 Å². The minimum Gasteiger partial charge on any atom is -0.374 e. The molecule has 0 aromatic heterocycles. The second-order valence-corrected chi connectivity index (χ2v) is 6.55. The zero-order valence-electron chi connectivity index (χ0n) is 15.3. The molecule has 0 radical (unpaired) electrons. The molecule has 3 rings (SSSR count). The van der Waals surface area contributed by atoms with Gasteiger partial charge >= 0.3 is 0 Å². The van der Waals surface area contributed by atoms with Crippen LogP contribution in [0.4, 0.5) is 0 Å². The fourth-order valence-electron chi connectivity index (χ4n) is 3.10. The molecule has 0 spiro atoms. The number of rotatable bonds is 8. The maximum absolute atomic E-state index is 11.5. The molecule has 6 heteroatoms. The van der Waals surface area contributed by atoms with Gasteiger partial charge in [0.15, 0.2) is 6.29 Å². The van der Waals surface area contributed by atoms with E-state index in [4.69, 9.17) is 14.2 Å². The van der Waals surface area contributed by atoms with Gasteiger partial charge in [0.25, 0.3) is 0 Å². The van der Waals surface area contributed by atoms with E-state index in [1.54, 1.807) is 0 Å². The monoisotopic (exact) mass is 371 g/mol. The number of carbonyl (C=O) groups is 1. The molecule has 0 aliphatic carbocycles. The van der Waals surface area contributed by atoms with Gasteiger partial charge in [-0.15, -0.1) is 0 Å². The summed E-state index contributed by atoms with van der Waals surface area (Å²) in [6, 6.07) is 18.9. The van der Waals surface area contributed by atoms with E-state index in [0.29, 0.717) is 13.2 Å². The molecule has 144 valence electrons. The summed E-state index contributed by atoms with van der Waals surface area (Å²) < 4.78 is 17.4. The molecule has 2 N–H and O–H groups in total. The molecule has 1 amide bonds. The first-order valence-corrected chi connectivity index (χ1v) is 9.01. The third kappa shape index (κ3) is 5.61. The zero-order chi connectivity index (χ0) is 19.1. The van der Waals surface area contributed by atoms with Crippen molar-refractivity contribution in [3.63, 3.8) is 0 Å². The van der Waals surface area contributed by atoms with Crippen molar-refractivity contribution in [2.75, 3.05) is 6.61 Å². The number of hydrogen-bond acceptors (Lipinski definition) is 5. The van der Waals surface area contributed by atoms with E-state index in [1.165, 1.54) is 6.92 Å². The molecule has 4 atom stereocenters. The van der Waals surface area contributed by atoms with Crippen LogP contribution >= 0.6 is 0 Å². The van der Waals surface area contributed by atoms with Crippen molar-refractivity contribution in [1.82, 2.24) is 5.32 Å².